The number of ether oxygens (including phenoxy) is 1. The van der Waals surface area contributed by atoms with E-state index in [9.17, 15) is 14.7 Å². The molecule has 0 saturated carbocycles. The summed E-state index contributed by atoms with van der Waals surface area (Å²) in [6.45, 7) is 2.18. The highest BCUT2D eigenvalue weighted by atomic mass is 16.5. The van der Waals surface area contributed by atoms with Crippen LogP contribution in [0, 0.1) is 0 Å². The quantitative estimate of drug-likeness (QED) is 0.537. The lowest BCUT2D eigenvalue weighted by Gasteiger charge is -2.33. The van der Waals surface area contributed by atoms with Crippen LogP contribution in [0.15, 0.2) is 53.3 Å². The zero-order chi connectivity index (χ0) is 21.8. The summed E-state index contributed by atoms with van der Waals surface area (Å²) >= 11 is 0. The van der Waals surface area contributed by atoms with Gasteiger partial charge in [0.05, 0.1) is 16.6 Å². The number of nitrogens with one attached hydrogen (secondary N) is 2. The number of aliphatic hydroxyl groups excluding tert-OH is 1. The highest BCUT2D eigenvalue weighted by molar-refractivity contribution is 5.96. The zero-order valence-corrected chi connectivity index (χ0v) is 17.6. The fraction of sp³-hybridized carbons (Fsp3) is 0.391. The number of nitrogens with zero attached hydrogens (tertiary/aromatic N) is 2. The van der Waals surface area contributed by atoms with E-state index in [-0.39, 0.29) is 24.2 Å². The average molecular weight is 425 g/mol. The summed E-state index contributed by atoms with van der Waals surface area (Å²) in [5.41, 5.74) is 2.18. The first-order chi connectivity index (χ1) is 15.1. The normalized spacial score (nSPS) is 16.3. The summed E-state index contributed by atoms with van der Waals surface area (Å²) in [7, 11) is 1.57. The van der Waals surface area contributed by atoms with Crippen molar-refractivity contribution in [3.05, 3.63) is 64.6 Å². The van der Waals surface area contributed by atoms with Gasteiger partial charge in [0, 0.05) is 32.7 Å². The molecule has 1 aliphatic heterocycles. The van der Waals surface area contributed by atoms with Crippen molar-refractivity contribution in [2.45, 2.75) is 25.0 Å². The number of hydrogen-bond donors (Lipinski definition) is 3. The lowest BCUT2D eigenvalue weighted by molar-refractivity contribution is 0.0554. The van der Waals surface area contributed by atoms with Crippen molar-refractivity contribution in [2.24, 2.45) is 0 Å². The van der Waals surface area contributed by atoms with E-state index in [1.807, 2.05) is 28.8 Å². The predicted octanol–water partition coefficient (Wildman–Crippen LogP) is 1.77. The Balaban J connectivity index is 1.31. The number of aromatic amines is 1. The first kappa shape index (κ1) is 21.1. The number of likely N-dealkylation sites (tertiary alicyclic amines) is 1. The lowest BCUT2D eigenvalue weighted by atomic mass is 10.0. The van der Waals surface area contributed by atoms with Gasteiger partial charge >= 0.3 is 5.69 Å². The second-order valence-corrected chi connectivity index (χ2v) is 7.89. The Kier molecular flexibility index (Phi) is 6.39. The molecule has 3 N–H and O–H groups in total. The Morgan fingerprint density at radius 3 is 2.68 bits per heavy atom. The number of amides is 1. The Morgan fingerprint density at radius 2 is 1.90 bits per heavy atom. The molecule has 4 rings (SSSR count). The first-order valence-electron chi connectivity index (χ1n) is 10.6. The zero-order valence-electron chi connectivity index (χ0n) is 17.6. The number of piperidine rings is 1. The third-order valence-electron chi connectivity index (χ3n) is 5.81. The van der Waals surface area contributed by atoms with Crippen LogP contribution in [0.2, 0.25) is 0 Å². The van der Waals surface area contributed by atoms with Crippen LogP contribution in [0.25, 0.3) is 11.0 Å². The number of β-amino-alcohol motifs (C(OH)–C–C–N with tert-alkyl or cyclic N) is 1. The van der Waals surface area contributed by atoms with Crippen molar-refractivity contribution < 1.29 is 14.6 Å². The second kappa shape index (κ2) is 9.36. The van der Waals surface area contributed by atoms with Crippen molar-refractivity contribution in [1.29, 1.82) is 0 Å². The molecule has 0 spiro atoms. The minimum atomic E-state index is -0.676. The van der Waals surface area contributed by atoms with Crippen LogP contribution in [0.3, 0.4) is 0 Å². The molecule has 0 radical (unpaired) electrons. The highest BCUT2D eigenvalue weighted by Gasteiger charge is 2.25. The first-order valence-corrected chi connectivity index (χ1v) is 10.6. The minimum Gasteiger partial charge on any atom is -0.490 e. The smallest absolute Gasteiger partial charge is 0.326 e. The topological polar surface area (TPSA) is 99.6 Å². The summed E-state index contributed by atoms with van der Waals surface area (Å²) in [6, 6.07) is 14.9. The van der Waals surface area contributed by atoms with Gasteiger partial charge in [0.2, 0.25) is 0 Å². The van der Waals surface area contributed by atoms with Crippen LogP contribution in [0.5, 0.6) is 5.75 Å². The van der Waals surface area contributed by atoms with Crippen LogP contribution >= 0.6 is 0 Å². The number of fused-ring (bicyclic) bond motifs is 1. The van der Waals surface area contributed by atoms with E-state index in [1.165, 1.54) is 0 Å². The Morgan fingerprint density at radius 1 is 1.19 bits per heavy atom. The molecule has 1 amide bonds. The number of carbonyl (C=O) groups excluding carboxylic acids is 1. The number of hydrogen-bond acceptors (Lipinski definition) is 5. The maximum absolute atomic E-state index is 12.4. The molecule has 31 heavy (non-hydrogen) atoms. The van der Waals surface area contributed by atoms with Crippen molar-refractivity contribution >= 4 is 16.9 Å². The van der Waals surface area contributed by atoms with Crippen LogP contribution < -0.4 is 15.7 Å². The molecule has 1 saturated heterocycles. The number of H-pyrrole nitrogens is 1. The largest absolute Gasteiger partial charge is 0.490 e. The third-order valence-corrected chi connectivity index (χ3v) is 5.81. The molecule has 1 atom stereocenters. The molecule has 1 unspecified atom stereocenters. The van der Waals surface area contributed by atoms with Crippen molar-refractivity contribution in [2.75, 3.05) is 33.3 Å². The van der Waals surface area contributed by atoms with Gasteiger partial charge < -0.3 is 25.0 Å². The molecular formula is C23H28N4O4. The van der Waals surface area contributed by atoms with Gasteiger partial charge in [0.1, 0.15) is 18.5 Å². The number of imidazole rings is 1. The van der Waals surface area contributed by atoms with Crippen molar-refractivity contribution in [1.82, 2.24) is 19.8 Å². The lowest BCUT2D eigenvalue weighted by Crippen LogP contribution is -2.42. The van der Waals surface area contributed by atoms with Gasteiger partial charge in [-0.15, -0.1) is 0 Å². The number of rotatable bonds is 7. The molecule has 0 aliphatic carbocycles. The van der Waals surface area contributed by atoms with Gasteiger partial charge in [-0.3, -0.25) is 9.36 Å². The summed E-state index contributed by atoms with van der Waals surface area (Å²) in [6.07, 6.45) is 1.01. The van der Waals surface area contributed by atoms with E-state index in [0.29, 0.717) is 17.9 Å². The predicted molar refractivity (Wildman–Crippen MR) is 119 cm³/mol. The van der Waals surface area contributed by atoms with Gasteiger partial charge in [-0.25, -0.2) is 4.79 Å². The maximum atomic E-state index is 12.4. The minimum absolute atomic E-state index is 0.0668. The van der Waals surface area contributed by atoms with Gasteiger partial charge in [-0.2, -0.15) is 0 Å². The number of para-hydroxylation sites is 3. The van der Waals surface area contributed by atoms with Gasteiger partial charge in [-0.05, 0) is 37.1 Å². The standard InChI is InChI=1S/C23H28N4O4/c1-24-22(29)18-6-2-5-9-21(18)31-15-17(28)14-26-12-10-16(11-13-26)27-20-8-4-3-7-19(20)25-23(27)30/h2-9,16-17,28H,10-15H2,1H3,(H,24,29)(H,25,30). The number of benzene rings is 2. The molecule has 1 aromatic heterocycles. The van der Waals surface area contributed by atoms with E-state index in [4.69, 9.17) is 4.74 Å². The van der Waals surface area contributed by atoms with Gasteiger partial charge in [-0.1, -0.05) is 24.3 Å². The molecule has 8 nitrogen and oxygen atoms in total. The van der Waals surface area contributed by atoms with Crippen molar-refractivity contribution in [3.63, 3.8) is 0 Å². The molecule has 8 heteroatoms. The van der Waals surface area contributed by atoms with E-state index >= 15 is 0 Å². The monoisotopic (exact) mass is 424 g/mol. The molecule has 2 heterocycles. The van der Waals surface area contributed by atoms with E-state index in [2.05, 4.69) is 15.2 Å². The average Bonchev–Trinajstić information content (AvgIpc) is 3.13. The highest BCUT2D eigenvalue weighted by Crippen LogP contribution is 2.25. The maximum Gasteiger partial charge on any atom is 0.326 e. The Hall–Kier alpha value is -3.10. The molecule has 2 aromatic carbocycles. The van der Waals surface area contributed by atoms with Crippen LogP contribution in [0.4, 0.5) is 0 Å². The molecule has 1 fully saturated rings. The molecule has 3 aromatic rings. The number of aromatic nitrogens is 2. The second-order valence-electron chi connectivity index (χ2n) is 7.89. The summed E-state index contributed by atoms with van der Waals surface area (Å²) < 4.78 is 7.58. The SMILES string of the molecule is CNC(=O)c1ccccc1OCC(O)CN1CCC(n2c(=O)[nH]c3ccccc32)CC1. The summed E-state index contributed by atoms with van der Waals surface area (Å²) in [5.74, 6) is 0.234. The number of aliphatic hydroxyl groups is 1. The molecule has 1 aliphatic rings. The summed E-state index contributed by atoms with van der Waals surface area (Å²) in [5, 5.41) is 13.0. The van der Waals surface area contributed by atoms with Gasteiger partial charge in [0.15, 0.2) is 0 Å². The van der Waals surface area contributed by atoms with E-state index in [0.717, 1.165) is 37.0 Å². The fourth-order valence-corrected chi connectivity index (χ4v) is 4.25. The van der Waals surface area contributed by atoms with E-state index in [1.54, 1.807) is 31.3 Å². The Labute approximate surface area is 180 Å². The molecular weight excluding hydrogens is 396 g/mol. The van der Waals surface area contributed by atoms with Crippen LogP contribution in [-0.2, 0) is 0 Å². The van der Waals surface area contributed by atoms with Crippen LogP contribution in [-0.4, -0.2) is 64.9 Å². The van der Waals surface area contributed by atoms with Crippen molar-refractivity contribution in [3.8, 4) is 5.75 Å². The van der Waals surface area contributed by atoms with E-state index < -0.39 is 6.10 Å². The fourth-order valence-electron chi connectivity index (χ4n) is 4.25. The number of carbonyl (C=O) groups is 1. The van der Waals surface area contributed by atoms with Gasteiger partial charge in [0.25, 0.3) is 5.91 Å². The third kappa shape index (κ3) is 4.65. The van der Waals surface area contributed by atoms with Crippen LogP contribution in [0.1, 0.15) is 29.2 Å². The summed E-state index contributed by atoms with van der Waals surface area (Å²) in [4.78, 5) is 29.5. The Bertz CT molecular complexity index is 1100. The molecule has 164 valence electrons. The molecule has 0 bridgehead atoms.